The number of nitrogens with zero attached hydrogens (tertiary/aromatic N) is 1. The quantitative estimate of drug-likeness (QED) is 0.315. The Morgan fingerprint density at radius 2 is 2.14 bits per heavy atom. The molecule has 1 heterocycles. The van der Waals surface area contributed by atoms with Crippen molar-refractivity contribution in [2.24, 2.45) is 5.73 Å². The number of nitrogens with one attached hydrogen (secondary N) is 2. The van der Waals surface area contributed by atoms with Gasteiger partial charge in [0.1, 0.15) is 5.84 Å². The second kappa shape index (κ2) is 7.17. The Kier molecular flexibility index (Phi) is 5.26. The molecular formula is C16H15IN4O. The average Bonchev–Trinajstić information content (AvgIpc) is 2.50. The number of carbonyl (C=O) groups is 1. The maximum atomic E-state index is 12.1. The summed E-state index contributed by atoms with van der Waals surface area (Å²) in [6.45, 7) is 1.67. The summed E-state index contributed by atoms with van der Waals surface area (Å²) >= 11 is 2.23. The molecule has 1 aromatic carbocycles. The summed E-state index contributed by atoms with van der Waals surface area (Å²) in [5.74, 6) is -0.654. The van der Waals surface area contributed by atoms with Gasteiger partial charge >= 0.3 is 0 Å². The van der Waals surface area contributed by atoms with Crippen molar-refractivity contribution in [3.05, 3.63) is 57.8 Å². The van der Waals surface area contributed by atoms with Gasteiger partial charge in [-0.25, -0.2) is 0 Å². The first-order chi connectivity index (χ1) is 10.5. The molecule has 0 atom stereocenters. The van der Waals surface area contributed by atoms with Crippen LogP contribution in [0.1, 0.15) is 6.92 Å². The number of rotatable bonds is 4. The topological polar surface area (TPSA) is 91.9 Å². The van der Waals surface area contributed by atoms with E-state index in [1.165, 1.54) is 6.08 Å². The van der Waals surface area contributed by atoms with E-state index >= 15 is 0 Å². The number of allylic oxidation sites excluding steroid dienone is 1. The summed E-state index contributed by atoms with van der Waals surface area (Å²) in [6.07, 6.45) is 3.24. The van der Waals surface area contributed by atoms with Crippen LogP contribution < -0.4 is 11.1 Å². The molecule has 0 spiro atoms. The lowest BCUT2D eigenvalue weighted by molar-refractivity contribution is -0.112. The molecule has 6 heteroatoms. The highest BCUT2D eigenvalue weighted by atomic mass is 127. The highest BCUT2D eigenvalue weighted by Gasteiger charge is 2.13. The van der Waals surface area contributed by atoms with Gasteiger partial charge in [0.05, 0.1) is 11.3 Å². The number of amidine groups is 1. The molecule has 2 aromatic rings. The third-order valence-corrected chi connectivity index (χ3v) is 3.93. The van der Waals surface area contributed by atoms with Crippen LogP contribution in [0.15, 0.2) is 54.2 Å². The fraction of sp³-hybridized carbons (Fsp3) is 0.0625. The van der Waals surface area contributed by atoms with Crippen molar-refractivity contribution in [1.29, 1.82) is 5.41 Å². The lowest BCUT2D eigenvalue weighted by Gasteiger charge is -2.10. The number of aromatic nitrogens is 1. The van der Waals surface area contributed by atoms with Crippen LogP contribution in [0.5, 0.6) is 0 Å². The Morgan fingerprint density at radius 1 is 1.36 bits per heavy atom. The van der Waals surface area contributed by atoms with Gasteiger partial charge < -0.3 is 11.1 Å². The number of benzene rings is 1. The molecule has 1 amide bonds. The van der Waals surface area contributed by atoms with Gasteiger partial charge in [-0.3, -0.25) is 15.2 Å². The standard InChI is InChI=1S/C16H15IN4O/c1-2-11(15(18)19)16(22)21-10-6-7-13(17)12(9-10)14-5-3-4-8-20-14/h2-9H,1H3,(H3,18,19)(H,21,22)/b11-2+. The molecule has 5 nitrogen and oxygen atoms in total. The molecule has 0 saturated heterocycles. The zero-order valence-corrected chi connectivity index (χ0v) is 14.1. The normalized spacial score (nSPS) is 11.1. The van der Waals surface area contributed by atoms with Crippen LogP contribution in [0.25, 0.3) is 11.3 Å². The second-order valence-corrected chi connectivity index (χ2v) is 5.64. The van der Waals surface area contributed by atoms with Crippen molar-refractivity contribution in [2.45, 2.75) is 6.92 Å². The fourth-order valence-electron chi connectivity index (χ4n) is 1.93. The van der Waals surface area contributed by atoms with E-state index in [-0.39, 0.29) is 11.4 Å². The van der Waals surface area contributed by atoms with Crippen LogP contribution in [-0.4, -0.2) is 16.7 Å². The summed E-state index contributed by atoms with van der Waals surface area (Å²) in [5.41, 5.74) is 7.94. The van der Waals surface area contributed by atoms with Crippen molar-refractivity contribution >= 4 is 40.0 Å². The van der Waals surface area contributed by atoms with Crippen molar-refractivity contribution in [1.82, 2.24) is 4.98 Å². The van der Waals surface area contributed by atoms with E-state index in [1.54, 1.807) is 19.2 Å². The molecule has 1 aromatic heterocycles. The summed E-state index contributed by atoms with van der Waals surface area (Å²) in [5, 5.41) is 10.1. The van der Waals surface area contributed by atoms with E-state index in [1.807, 2.05) is 30.3 Å². The predicted molar refractivity (Wildman–Crippen MR) is 96.7 cm³/mol. The van der Waals surface area contributed by atoms with Gasteiger partial charge in [-0.15, -0.1) is 0 Å². The Labute approximate surface area is 142 Å². The lowest BCUT2D eigenvalue weighted by atomic mass is 10.1. The largest absolute Gasteiger partial charge is 0.384 e. The Bertz CT molecular complexity index is 741. The minimum atomic E-state index is -0.400. The van der Waals surface area contributed by atoms with E-state index in [4.69, 9.17) is 11.1 Å². The maximum Gasteiger partial charge on any atom is 0.259 e. The van der Waals surface area contributed by atoms with E-state index < -0.39 is 5.91 Å². The highest BCUT2D eigenvalue weighted by molar-refractivity contribution is 14.1. The SMILES string of the molecule is C/C=C(\C(=N)N)C(=O)Nc1ccc(I)c(-c2ccccn2)c1. The fourth-order valence-corrected chi connectivity index (χ4v) is 2.54. The third-order valence-electron chi connectivity index (χ3n) is 2.99. The molecule has 4 N–H and O–H groups in total. The molecule has 0 unspecified atom stereocenters. The summed E-state index contributed by atoms with van der Waals surface area (Å²) in [6, 6.07) is 11.2. The van der Waals surface area contributed by atoms with Crippen LogP contribution >= 0.6 is 22.6 Å². The van der Waals surface area contributed by atoms with E-state index in [2.05, 4.69) is 32.9 Å². The predicted octanol–water partition coefficient (Wildman–Crippen LogP) is 3.17. The van der Waals surface area contributed by atoms with Crippen molar-refractivity contribution in [2.75, 3.05) is 5.32 Å². The Hall–Kier alpha value is -2.22. The molecule has 0 radical (unpaired) electrons. The number of hydrogen-bond acceptors (Lipinski definition) is 3. The van der Waals surface area contributed by atoms with Gasteiger partial charge in [0.15, 0.2) is 0 Å². The second-order valence-electron chi connectivity index (χ2n) is 4.48. The first-order valence-corrected chi connectivity index (χ1v) is 7.64. The maximum absolute atomic E-state index is 12.1. The first kappa shape index (κ1) is 16.2. The third kappa shape index (κ3) is 3.70. The molecule has 0 fully saturated rings. The minimum Gasteiger partial charge on any atom is -0.384 e. The molecule has 2 rings (SSSR count). The number of nitrogens with two attached hydrogens (primary N) is 1. The van der Waals surface area contributed by atoms with E-state index in [0.29, 0.717) is 5.69 Å². The van der Waals surface area contributed by atoms with Gasteiger partial charge in [0, 0.05) is 21.0 Å². The van der Waals surface area contributed by atoms with Crippen molar-refractivity contribution in [3.8, 4) is 11.3 Å². The van der Waals surface area contributed by atoms with Gasteiger partial charge in [-0.2, -0.15) is 0 Å². The Morgan fingerprint density at radius 3 is 2.73 bits per heavy atom. The van der Waals surface area contributed by atoms with Crippen LogP contribution in [-0.2, 0) is 4.79 Å². The minimum absolute atomic E-state index is 0.151. The zero-order valence-electron chi connectivity index (χ0n) is 11.9. The highest BCUT2D eigenvalue weighted by Crippen LogP contribution is 2.26. The number of anilines is 1. The molecular weight excluding hydrogens is 391 g/mol. The molecule has 0 aliphatic rings. The summed E-state index contributed by atoms with van der Waals surface area (Å²) in [4.78, 5) is 16.4. The average molecular weight is 406 g/mol. The molecule has 112 valence electrons. The van der Waals surface area contributed by atoms with Crippen LogP contribution in [0.3, 0.4) is 0 Å². The molecule has 0 bridgehead atoms. The molecule has 22 heavy (non-hydrogen) atoms. The molecule has 0 aliphatic heterocycles. The van der Waals surface area contributed by atoms with Crippen molar-refractivity contribution < 1.29 is 4.79 Å². The number of carbonyl (C=O) groups excluding carboxylic acids is 1. The zero-order chi connectivity index (χ0) is 16.1. The van der Waals surface area contributed by atoms with E-state index in [9.17, 15) is 4.79 Å². The molecule has 0 saturated carbocycles. The Balaban J connectivity index is 2.31. The van der Waals surface area contributed by atoms with Gasteiger partial charge in [-0.1, -0.05) is 12.1 Å². The van der Waals surface area contributed by atoms with Gasteiger partial charge in [0.25, 0.3) is 5.91 Å². The number of halogens is 1. The summed E-state index contributed by atoms with van der Waals surface area (Å²) < 4.78 is 1.03. The first-order valence-electron chi connectivity index (χ1n) is 6.56. The van der Waals surface area contributed by atoms with Crippen LogP contribution in [0.4, 0.5) is 5.69 Å². The number of amides is 1. The monoisotopic (exact) mass is 406 g/mol. The van der Waals surface area contributed by atoms with Crippen LogP contribution in [0.2, 0.25) is 0 Å². The number of pyridine rings is 1. The smallest absolute Gasteiger partial charge is 0.259 e. The van der Waals surface area contributed by atoms with E-state index in [0.717, 1.165) is 14.8 Å². The van der Waals surface area contributed by atoms with Crippen LogP contribution in [0, 0.1) is 8.98 Å². The van der Waals surface area contributed by atoms with Gasteiger partial charge in [-0.05, 0) is 59.8 Å². The molecule has 0 aliphatic carbocycles. The van der Waals surface area contributed by atoms with Crippen molar-refractivity contribution in [3.63, 3.8) is 0 Å². The van der Waals surface area contributed by atoms with Gasteiger partial charge in [0.2, 0.25) is 0 Å². The summed E-state index contributed by atoms with van der Waals surface area (Å²) in [7, 11) is 0. The number of hydrogen-bond donors (Lipinski definition) is 3. The lowest BCUT2D eigenvalue weighted by Crippen LogP contribution is -2.25.